The van der Waals surface area contributed by atoms with E-state index in [1.54, 1.807) is 23.1 Å². The second-order valence-electron chi connectivity index (χ2n) is 4.92. The van der Waals surface area contributed by atoms with Crippen molar-refractivity contribution in [3.8, 4) is 0 Å². The zero-order chi connectivity index (χ0) is 13.9. The first-order valence-corrected chi connectivity index (χ1v) is 6.38. The lowest BCUT2D eigenvalue weighted by molar-refractivity contribution is -0.137. The minimum absolute atomic E-state index is 0.0176. The second-order valence-corrected chi connectivity index (χ2v) is 4.92. The average molecular weight is 269 g/mol. The average Bonchev–Trinajstić information content (AvgIpc) is 3.19. The SMILES string of the molecule is O=C(O)CCN(CC(F)(F)c1ccccc1)C1CC1. The Morgan fingerprint density at radius 3 is 2.47 bits per heavy atom. The van der Waals surface area contributed by atoms with E-state index in [0.29, 0.717) is 0 Å². The van der Waals surface area contributed by atoms with Gasteiger partial charge >= 0.3 is 5.97 Å². The van der Waals surface area contributed by atoms with E-state index in [4.69, 9.17) is 5.11 Å². The number of carboxylic acids is 1. The first-order valence-electron chi connectivity index (χ1n) is 6.38. The molecule has 1 aliphatic carbocycles. The summed E-state index contributed by atoms with van der Waals surface area (Å²) >= 11 is 0. The van der Waals surface area contributed by atoms with E-state index >= 15 is 0 Å². The van der Waals surface area contributed by atoms with Crippen LogP contribution in [0.5, 0.6) is 0 Å². The monoisotopic (exact) mass is 269 g/mol. The van der Waals surface area contributed by atoms with Gasteiger partial charge in [-0.3, -0.25) is 9.69 Å². The number of benzene rings is 1. The number of hydrogen-bond donors (Lipinski definition) is 1. The fourth-order valence-corrected chi connectivity index (χ4v) is 2.10. The predicted molar refractivity (Wildman–Crippen MR) is 67.2 cm³/mol. The van der Waals surface area contributed by atoms with Crippen LogP contribution in [0.3, 0.4) is 0 Å². The Kier molecular flexibility index (Phi) is 4.14. The molecule has 1 N–H and O–H groups in total. The van der Waals surface area contributed by atoms with Gasteiger partial charge in [-0.25, -0.2) is 0 Å². The molecule has 0 unspecified atom stereocenters. The van der Waals surface area contributed by atoms with Crippen LogP contribution >= 0.6 is 0 Å². The van der Waals surface area contributed by atoms with Gasteiger partial charge in [-0.15, -0.1) is 0 Å². The van der Waals surface area contributed by atoms with Gasteiger partial charge in [-0.2, -0.15) is 8.78 Å². The highest BCUT2D eigenvalue weighted by molar-refractivity contribution is 5.66. The fraction of sp³-hybridized carbons (Fsp3) is 0.500. The van der Waals surface area contributed by atoms with E-state index in [1.165, 1.54) is 12.1 Å². The van der Waals surface area contributed by atoms with Gasteiger partial charge in [0.15, 0.2) is 0 Å². The maximum atomic E-state index is 14.1. The molecule has 0 radical (unpaired) electrons. The van der Waals surface area contributed by atoms with Crippen LogP contribution in [-0.4, -0.2) is 35.1 Å². The third kappa shape index (κ3) is 3.99. The number of carbonyl (C=O) groups is 1. The van der Waals surface area contributed by atoms with Crippen molar-refractivity contribution in [3.63, 3.8) is 0 Å². The first kappa shape index (κ1) is 13.9. The molecular formula is C14H17F2NO2. The minimum atomic E-state index is -2.94. The van der Waals surface area contributed by atoms with Crippen LogP contribution < -0.4 is 0 Å². The number of nitrogens with zero attached hydrogens (tertiary/aromatic N) is 1. The summed E-state index contributed by atoms with van der Waals surface area (Å²) in [5.41, 5.74) is -0.0176. The van der Waals surface area contributed by atoms with Crippen molar-refractivity contribution < 1.29 is 18.7 Å². The van der Waals surface area contributed by atoms with Crippen LogP contribution in [0.15, 0.2) is 30.3 Å². The van der Waals surface area contributed by atoms with E-state index in [-0.39, 0.29) is 24.6 Å². The molecule has 19 heavy (non-hydrogen) atoms. The standard InChI is InChI=1S/C14H17F2NO2/c15-14(16,11-4-2-1-3-5-11)10-17(12-6-7-12)9-8-13(18)19/h1-5,12H,6-10H2,(H,18,19). The fourth-order valence-electron chi connectivity index (χ4n) is 2.10. The summed E-state index contributed by atoms with van der Waals surface area (Å²) < 4.78 is 28.3. The Morgan fingerprint density at radius 1 is 1.32 bits per heavy atom. The summed E-state index contributed by atoms with van der Waals surface area (Å²) in [6.07, 6.45) is 1.66. The normalized spacial score (nSPS) is 15.7. The van der Waals surface area contributed by atoms with E-state index in [1.807, 2.05) is 0 Å². The third-order valence-corrected chi connectivity index (χ3v) is 3.27. The summed E-state index contributed by atoms with van der Waals surface area (Å²) in [5, 5.41) is 8.67. The maximum absolute atomic E-state index is 14.1. The lowest BCUT2D eigenvalue weighted by Gasteiger charge is -2.27. The van der Waals surface area contributed by atoms with Crippen molar-refractivity contribution in [2.75, 3.05) is 13.1 Å². The number of carboxylic acid groups (broad SMARTS) is 1. The zero-order valence-electron chi connectivity index (χ0n) is 10.6. The Morgan fingerprint density at radius 2 is 1.95 bits per heavy atom. The summed E-state index contributed by atoms with van der Waals surface area (Å²) in [6, 6.07) is 7.80. The molecule has 0 saturated heterocycles. The molecule has 1 saturated carbocycles. The van der Waals surface area contributed by atoms with Gasteiger partial charge in [0.2, 0.25) is 0 Å². The molecule has 0 amide bonds. The van der Waals surface area contributed by atoms with E-state index < -0.39 is 18.4 Å². The topological polar surface area (TPSA) is 40.5 Å². The molecular weight excluding hydrogens is 252 g/mol. The summed E-state index contributed by atoms with van der Waals surface area (Å²) in [6.45, 7) is -0.225. The quantitative estimate of drug-likeness (QED) is 0.827. The molecule has 0 spiro atoms. The molecule has 5 heteroatoms. The van der Waals surface area contributed by atoms with Crippen molar-refractivity contribution in [3.05, 3.63) is 35.9 Å². The largest absolute Gasteiger partial charge is 0.481 e. The molecule has 0 aliphatic heterocycles. The smallest absolute Gasteiger partial charge is 0.304 e. The van der Waals surface area contributed by atoms with Crippen LogP contribution in [-0.2, 0) is 10.7 Å². The van der Waals surface area contributed by atoms with Gasteiger partial charge in [0.25, 0.3) is 5.92 Å². The highest BCUT2D eigenvalue weighted by Crippen LogP contribution is 2.34. The molecule has 1 fully saturated rings. The van der Waals surface area contributed by atoms with Crippen molar-refractivity contribution in [1.82, 2.24) is 4.90 Å². The zero-order valence-corrected chi connectivity index (χ0v) is 10.6. The Hall–Kier alpha value is -1.49. The van der Waals surface area contributed by atoms with Crippen LogP contribution in [0, 0.1) is 0 Å². The lowest BCUT2D eigenvalue weighted by atomic mass is 10.1. The van der Waals surface area contributed by atoms with Gasteiger partial charge in [0.05, 0.1) is 13.0 Å². The Labute approximate surface area is 110 Å². The summed E-state index contributed by atoms with van der Waals surface area (Å²) in [5.74, 6) is -3.89. The van der Waals surface area contributed by atoms with Crippen LogP contribution in [0.4, 0.5) is 8.78 Å². The van der Waals surface area contributed by atoms with E-state index in [9.17, 15) is 13.6 Å². The van der Waals surface area contributed by atoms with Crippen molar-refractivity contribution >= 4 is 5.97 Å². The van der Waals surface area contributed by atoms with Crippen molar-refractivity contribution in [2.24, 2.45) is 0 Å². The molecule has 0 heterocycles. The molecule has 104 valence electrons. The van der Waals surface area contributed by atoms with Gasteiger partial charge in [-0.05, 0) is 12.8 Å². The minimum Gasteiger partial charge on any atom is -0.481 e. The summed E-state index contributed by atoms with van der Waals surface area (Å²) in [7, 11) is 0. The van der Waals surface area contributed by atoms with Gasteiger partial charge < -0.3 is 5.11 Å². The number of hydrogen-bond acceptors (Lipinski definition) is 2. The second kappa shape index (κ2) is 5.65. The van der Waals surface area contributed by atoms with Gasteiger partial charge in [-0.1, -0.05) is 30.3 Å². The van der Waals surface area contributed by atoms with Gasteiger partial charge in [0.1, 0.15) is 0 Å². The molecule has 2 rings (SSSR count). The molecule has 1 aliphatic rings. The lowest BCUT2D eigenvalue weighted by Crippen LogP contribution is -2.38. The maximum Gasteiger partial charge on any atom is 0.304 e. The Balaban J connectivity index is 2.01. The van der Waals surface area contributed by atoms with E-state index in [0.717, 1.165) is 12.8 Å². The van der Waals surface area contributed by atoms with Crippen LogP contribution in [0.1, 0.15) is 24.8 Å². The number of alkyl halides is 2. The molecule has 1 aromatic rings. The van der Waals surface area contributed by atoms with Crippen molar-refractivity contribution in [1.29, 1.82) is 0 Å². The molecule has 0 aromatic heterocycles. The molecule has 1 aromatic carbocycles. The summed E-state index contributed by atoms with van der Waals surface area (Å²) in [4.78, 5) is 12.2. The van der Waals surface area contributed by atoms with Gasteiger partial charge in [0, 0.05) is 18.2 Å². The molecule has 0 bridgehead atoms. The number of halogens is 2. The molecule has 0 atom stereocenters. The van der Waals surface area contributed by atoms with Crippen LogP contribution in [0.2, 0.25) is 0 Å². The molecule has 3 nitrogen and oxygen atoms in total. The third-order valence-electron chi connectivity index (χ3n) is 3.27. The first-order chi connectivity index (χ1) is 8.99. The Bertz CT molecular complexity index is 432. The predicted octanol–water partition coefficient (Wildman–Crippen LogP) is 2.72. The van der Waals surface area contributed by atoms with Crippen molar-refractivity contribution in [2.45, 2.75) is 31.2 Å². The number of rotatable bonds is 7. The number of aliphatic carboxylic acids is 1. The van der Waals surface area contributed by atoms with E-state index in [2.05, 4.69) is 0 Å². The van der Waals surface area contributed by atoms with Crippen LogP contribution in [0.25, 0.3) is 0 Å². The highest BCUT2D eigenvalue weighted by atomic mass is 19.3. The highest BCUT2D eigenvalue weighted by Gasteiger charge is 2.39.